The molecule has 1 heterocycles. The van der Waals surface area contributed by atoms with E-state index in [2.05, 4.69) is 20.1 Å². The van der Waals surface area contributed by atoms with Crippen molar-refractivity contribution < 1.29 is 47.7 Å². The molecule has 1 aliphatic heterocycles. The van der Waals surface area contributed by atoms with Crippen LogP contribution in [-0.2, 0) is 47.7 Å². The van der Waals surface area contributed by atoms with Gasteiger partial charge in [0.05, 0.1) is 0 Å². The number of carbonyl (C=O) groups excluding carboxylic acids is 5. The lowest BCUT2D eigenvalue weighted by molar-refractivity contribution is -0.263. The maximum absolute atomic E-state index is 11.8. The number of azide groups is 1. The van der Waals surface area contributed by atoms with Gasteiger partial charge in [-0.15, -0.1) is 0 Å². The molecule has 0 spiro atoms. The predicted octanol–water partition coefficient (Wildman–Crippen LogP) is -2.06. The van der Waals surface area contributed by atoms with Gasteiger partial charge in [-0.3, -0.25) is 24.0 Å². The molecule has 0 aromatic carbocycles. The van der Waals surface area contributed by atoms with E-state index in [1.807, 2.05) is 0 Å². The van der Waals surface area contributed by atoms with E-state index in [-0.39, 0.29) is 25.9 Å². The summed E-state index contributed by atoms with van der Waals surface area (Å²) in [5.74, 6) is -0.817. The standard InChI is InChI=1S/C12H14N4O10/c13-16-14-1-8(21)15-9-11(24-5-19)10(23-4-18)7(2-22-3-17)26-12(9)25-6-20/h3-7,9-12H,1-2H2,(H,15,21)/t7?,9?,10-,11-,12?/m1/s1. The average Bonchev–Trinajstić information content (AvgIpc) is 2.63. The Hall–Kier alpha value is -3.38. The first kappa shape index (κ1) is 20.7. The summed E-state index contributed by atoms with van der Waals surface area (Å²) in [6.07, 6.45) is -5.34. The van der Waals surface area contributed by atoms with Crippen LogP contribution in [0, 0.1) is 0 Å². The van der Waals surface area contributed by atoms with Crippen LogP contribution in [-0.4, -0.2) is 75.6 Å². The molecule has 0 aromatic heterocycles. The number of ether oxygens (including phenoxy) is 5. The van der Waals surface area contributed by atoms with Gasteiger partial charge < -0.3 is 29.0 Å². The Balaban J connectivity index is 3.12. The number of nitrogens with one attached hydrogen (secondary N) is 1. The van der Waals surface area contributed by atoms with Gasteiger partial charge in [0.25, 0.3) is 25.9 Å². The van der Waals surface area contributed by atoms with Crippen LogP contribution in [0.1, 0.15) is 0 Å². The fourth-order valence-corrected chi connectivity index (χ4v) is 2.28. The fraction of sp³-hybridized carbons (Fsp3) is 0.583. The van der Waals surface area contributed by atoms with Crippen molar-refractivity contribution in [3.63, 3.8) is 0 Å². The lowest BCUT2D eigenvalue weighted by Gasteiger charge is -2.43. The van der Waals surface area contributed by atoms with E-state index >= 15 is 0 Å². The summed E-state index contributed by atoms with van der Waals surface area (Å²) in [5, 5.41) is 5.34. The molecular formula is C12H14N4O10. The van der Waals surface area contributed by atoms with E-state index in [0.717, 1.165) is 0 Å². The highest BCUT2D eigenvalue weighted by Gasteiger charge is 2.51. The Labute approximate surface area is 145 Å². The number of amides is 1. The first-order valence-electron chi connectivity index (χ1n) is 6.91. The molecule has 1 amide bonds. The average molecular weight is 374 g/mol. The van der Waals surface area contributed by atoms with Crippen molar-refractivity contribution in [2.75, 3.05) is 13.2 Å². The maximum atomic E-state index is 11.8. The molecule has 1 rings (SSSR count). The molecule has 1 N–H and O–H groups in total. The molecular weight excluding hydrogens is 360 g/mol. The minimum atomic E-state index is -1.49. The quantitative estimate of drug-likeness (QED) is 0.130. The number of nitrogens with zero attached hydrogens (tertiary/aromatic N) is 3. The first-order valence-corrected chi connectivity index (χ1v) is 6.91. The fourth-order valence-electron chi connectivity index (χ4n) is 2.28. The molecule has 0 aliphatic carbocycles. The second kappa shape index (κ2) is 11.2. The van der Waals surface area contributed by atoms with E-state index in [9.17, 15) is 24.0 Å². The summed E-state index contributed by atoms with van der Waals surface area (Å²) in [4.78, 5) is 56.9. The summed E-state index contributed by atoms with van der Waals surface area (Å²) >= 11 is 0. The van der Waals surface area contributed by atoms with Gasteiger partial charge in [-0.25, -0.2) is 0 Å². The molecule has 0 aromatic rings. The van der Waals surface area contributed by atoms with Gasteiger partial charge in [-0.05, 0) is 5.53 Å². The second-order valence-electron chi connectivity index (χ2n) is 4.58. The normalized spacial score (nSPS) is 27.0. The first-order chi connectivity index (χ1) is 12.6. The van der Waals surface area contributed by atoms with E-state index in [4.69, 9.17) is 24.5 Å². The van der Waals surface area contributed by atoms with Crippen LogP contribution in [0.5, 0.6) is 0 Å². The van der Waals surface area contributed by atoms with Gasteiger partial charge in [0, 0.05) is 4.91 Å². The van der Waals surface area contributed by atoms with Crippen molar-refractivity contribution in [2.24, 2.45) is 5.11 Å². The lowest BCUT2D eigenvalue weighted by Crippen LogP contribution is -2.66. The maximum Gasteiger partial charge on any atom is 0.295 e. The molecule has 0 saturated carbocycles. The van der Waals surface area contributed by atoms with Crippen LogP contribution < -0.4 is 5.32 Å². The van der Waals surface area contributed by atoms with Gasteiger partial charge >= 0.3 is 0 Å². The predicted molar refractivity (Wildman–Crippen MR) is 75.6 cm³/mol. The van der Waals surface area contributed by atoms with Gasteiger partial charge in [0.1, 0.15) is 25.3 Å². The molecule has 5 atom stereocenters. The summed E-state index contributed by atoms with van der Waals surface area (Å²) < 4.78 is 24.3. The second-order valence-corrected chi connectivity index (χ2v) is 4.58. The molecule has 3 unspecified atom stereocenters. The zero-order chi connectivity index (χ0) is 19.4. The van der Waals surface area contributed by atoms with E-state index in [1.54, 1.807) is 0 Å². The van der Waals surface area contributed by atoms with Gasteiger partial charge in [0.15, 0.2) is 12.2 Å². The SMILES string of the molecule is [N-]=[N+]=NCC(=O)NC1C(OC=O)OC(COC=O)[C@@H](OC=O)[C@@H]1OC=O. The minimum Gasteiger partial charge on any atom is -0.465 e. The van der Waals surface area contributed by atoms with Gasteiger partial charge in [-0.2, -0.15) is 0 Å². The van der Waals surface area contributed by atoms with Crippen LogP contribution in [0.25, 0.3) is 10.4 Å². The van der Waals surface area contributed by atoms with E-state index < -0.39 is 49.7 Å². The molecule has 0 radical (unpaired) electrons. The van der Waals surface area contributed by atoms with Crippen LogP contribution in [0.3, 0.4) is 0 Å². The zero-order valence-corrected chi connectivity index (χ0v) is 13.0. The number of hydrogen-bond acceptors (Lipinski definition) is 11. The Kier molecular flexibility index (Phi) is 8.92. The summed E-state index contributed by atoms with van der Waals surface area (Å²) in [7, 11) is 0. The molecule has 14 nitrogen and oxygen atoms in total. The Morgan fingerprint density at radius 2 is 1.73 bits per heavy atom. The smallest absolute Gasteiger partial charge is 0.295 e. The monoisotopic (exact) mass is 374 g/mol. The molecule has 1 saturated heterocycles. The van der Waals surface area contributed by atoms with Crippen molar-refractivity contribution in [1.82, 2.24) is 5.32 Å². The molecule has 26 heavy (non-hydrogen) atoms. The van der Waals surface area contributed by atoms with Crippen LogP contribution in [0.15, 0.2) is 5.11 Å². The van der Waals surface area contributed by atoms with Crippen molar-refractivity contribution >= 4 is 31.8 Å². The van der Waals surface area contributed by atoms with Crippen molar-refractivity contribution in [3.05, 3.63) is 10.4 Å². The van der Waals surface area contributed by atoms with Crippen LogP contribution in [0.4, 0.5) is 0 Å². The highest BCUT2D eigenvalue weighted by Crippen LogP contribution is 2.26. The largest absolute Gasteiger partial charge is 0.465 e. The number of hydrogen-bond donors (Lipinski definition) is 1. The van der Waals surface area contributed by atoms with Crippen molar-refractivity contribution in [1.29, 1.82) is 0 Å². The third kappa shape index (κ3) is 5.61. The molecule has 142 valence electrons. The van der Waals surface area contributed by atoms with Gasteiger partial charge in [0.2, 0.25) is 12.2 Å². The van der Waals surface area contributed by atoms with Crippen LogP contribution >= 0.6 is 0 Å². The minimum absolute atomic E-state index is 0.00771. The van der Waals surface area contributed by atoms with Gasteiger partial charge in [-0.1, -0.05) is 5.11 Å². The highest BCUT2D eigenvalue weighted by atomic mass is 16.7. The molecule has 1 fully saturated rings. The van der Waals surface area contributed by atoms with E-state index in [1.165, 1.54) is 0 Å². The Morgan fingerprint density at radius 1 is 1.08 bits per heavy atom. The third-order valence-electron chi connectivity index (χ3n) is 3.20. The Morgan fingerprint density at radius 3 is 2.31 bits per heavy atom. The molecule has 0 bridgehead atoms. The molecule has 14 heteroatoms. The molecule has 1 aliphatic rings. The summed E-state index contributed by atoms with van der Waals surface area (Å²) in [5.41, 5.74) is 8.23. The summed E-state index contributed by atoms with van der Waals surface area (Å²) in [6, 6.07) is -1.32. The van der Waals surface area contributed by atoms with Crippen LogP contribution in [0.2, 0.25) is 0 Å². The lowest BCUT2D eigenvalue weighted by atomic mass is 9.96. The van der Waals surface area contributed by atoms with Crippen molar-refractivity contribution in [2.45, 2.75) is 30.6 Å². The zero-order valence-electron chi connectivity index (χ0n) is 13.0. The summed E-state index contributed by atoms with van der Waals surface area (Å²) in [6.45, 7) is -0.888. The number of rotatable bonds is 12. The third-order valence-corrected chi connectivity index (χ3v) is 3.20. The Bertz CT molecular complexity index is 566. The van der Waals surface area contributed by atoms with E-state index in [0.29, 0.717) is 0 Å². The van der Waals surface area contributed by atoms with Crippen molar-refractivity contribution in [3.8, 4) is 0 Å². The topological polar surface area (TPSA) is 192 Å². The highest BCUT2D eigenvalue weighted by molar-refractivity contribution is 5.78. The number of carbonyl (C=O) groups is 5.